The molecular formula is C35H48Cl2N2O5Si. The number of carbonyl (C=O) groups excluding carboxylic acids is 2. The normalized spacial score (nSPS) is 16.1. The number of ether oxygens (including phenoxy) is 2. The number of hydrogen-bond acceptors (Lipinski definition) is 5. The molecule has 1 fully saturated rings. The van der Waals surface area contributed by atoms with Crippen LogP contribution in [0.3, 0.4) is 0 Å². The summed E-state index contributed by atoms with van der Waals surface area (Å²) >= 11 is 12.8. The predicted octanol–water partition coefficient (Wildman–Crippen LogP) is 8.98. The smallest absolute Gasteiger partial charge is 0.410 e. The maximum atomic E-state index is 14.4. The van der Waals surface area contributed by atoms with Gasteiger partial charge in [-0.1, -0.05) is 68.2 Å². The van der Waals surface area contributed by atoms with E-state index in [9.17, 15) is 9.59 Å². The van der Waals surface area contributed by atoms with Gasteiger partial charge < -0.3 is 23.7 Å². The van der Waals surface area contributed by atoms with E-state index in [0.717, 1.165) is 35.3 Å². The van der Waals surface area contributed by atoms with E-state index in [0.29, 0.717) is 48.3 Å². The van der Waals surface area contributed by atoms with Crippen molar-refractivity contribution in [3.63, 3.8) is 0 Å². The molecule has 0 unspecified atom stereocenters. The fourth-order valence-electron chi connectivity index (χ4n) is 4.97. The van der Waals surface area contributed by atoms with Gasteiger partial charge >= 0.3 is 6.09 Å². The molecule has 2 aliphatic rings. The third-order valence-electron chi connectivity index (χ3n) is 8.70. The highest BCUT2D eigenvalue weighted by atomic mass is 35.5. The second-order valence-corrected chi connectivity index (χ2v) is 20.1. The summed E-state index contributed by atoms with van der Waals surface area (Å²) in [6, 6.07) is 13.4. The number of hydrogen-bond donors (Lipinski definition) is 0. The summed E-state index contributed by atoms with van der Waals surface area (Å²) in [5.41, 5.74) is 2.61. The summed E-state index contributed by atoms with van der Waals surface area (Å²) in [5, 5.41) is 1.06. The van der Waals surface area contributed by atoms with Crippen molar-refractivity contribution in [1.29, 1.82) is 0 Å². The largest absolute Gasteiger partial charge is 0.491 e. The van der Waals surface area contributed by atoms with Crippen LogP contribution in [0.5, 0.6) is 5.75 Å². The molecule has 0 spiro atoms. The van der Waals surface area contributed by atoms with Crippen LogP contribution in [0.15, 0.2) is 48.0 Å². The van der Waals surface area contributed by atoms with Crippen LogP contribution >= 0.6 is 23.2 Å². The average Bonchev–Trinajstić information content (AvgIpc) is 3.80. The van der Waals surface area contributed by atoms with Crippen LogP contribution < -0.4 is 4.74 Å². The number of rotatable bonds is 10. The topological polar surface area (TPSA) is 68.3 Å². The molecule has 1 aliphatic carbocycles. The SMILES string of the molecule is CC(C)(C)OC(=O)N1CCC(c2ccc(OCCO[Si](C)(C)C(C)(C)C)cc2)=C(C(=O)N(Cc2cccc(Cl)c2Cl)C2CC2)C1. The highest BCUT2D eigenvalue weighted by molar-refractivity contribution is 6.74. The Kier molecular flexibility index (Phi) is 11.1. The van der Waals surface area contributed by atoms with Crippen molar-refractivity contribution in [1.82, 2.24) is 9.80 Å². The van der Waals surface area contributed by atoms with E-state index in [1.807, 2.05) is 62.1 Å². The molecule has 0 bridgehead atoms. The predicted molar refractivity (Wildman–Crippen MR) is 184 cm³/mol. The van der Waals surface area contributed by atoms with Gasteiger partial charge in [0.05, 0.1) is 23.2 Å². The van der Waals surface area contributed by atoms with E-state index in [1.165, 1.54) is 0 Å². The van der Waals surface area contributed by atoms with E-state index in [-0.39, 0.29) is 23.5 Å². The van der Waals surface area contributed by atoms with Crippen molar-refractivity contribution in [2.45, 2.75) is 97.1 Å². The monoisotopic (exact) mass is 674 g/mol. The quantitative estimate of drug-likeness (QED) is 0.186. The first-order valence-corrected chi connectivity index (χ1v) is 19.4. The van der Waals surface area contributed by atoms with E-state index in [1.54, 1.807) is 11.0 Å². The lowest BCUT2D eigenvalue weighted by molar-refractivity contribution is -0.128. The summed E-state index contributed by atoms with van der Waals surface area (Å²) in [7, 11) is -1.84. The molecule has 1 aliphatic heterocycles. The molecule has 4 rings (SSSR count). The first-order chi connectivity index (χ1) is 21.0. The molecule has 0 radical (unpaired) electrons. The fourth-order valence-corrected chi connectivity index (χ4v) is 6.37. The Morgan fingerprint density at radius 1 is 0.978 bits per heavy atom. The molecule has 1 heterocycles. The molecular weight excluding hydrogens is 627 g/mol. The van der Waals surface area contributed by atoms with Crippen LogP contribution in [-0.4, -0.2) is 68.1 Å². The van der Waals surface area contributed by atoms with Crippen LogP contribution in [-0.2, 0) is 20.5 Å². The number of amides is 2. The van der Waals surface area contributed by atoms with Gasteiger partial charge in [-0.3, -0.25) is 4.79 Å². The highest BCUT2D eigenvalue weighted by Crippen LogP contribution is 2.38. The second-order valence-electron chi connectivity index (χ2n) is 14.5. The van der Waals surface area contributed by atoms with Crippen molar-refractivity contribution >= 4 is 49.1 Å². The Labute approximate surface area is 279 Å². The minimum Gasteiger partial charge on any atom is -0.491 e. The Morgan fingerprint density at radius 3 is 2.24 bits per heavy atom. The van der Waals surface area contributed by atoms with Crippen LogP contribution in [0, 0.1) is 0 Å². The molecule has 2 aromatic rings. The summed E-state index contributed by atoms with van der Waals surface area (Å²) in [6.07, 6.45) is 1.95. The van der Waals surface area contributed by atoms with Crippen LogP contribution in [0.25, 0.3) is 5.57 Å². The van der Waals surface area contributed by atoms with Crippen molar-refractivity contribution < 1.29 is 23.5 Å². The van der Waals surface area contributed by atoms with E-state index < -0.39 is 20.0 Å². The zero-order valence-electron chi connectivity index (χ0n) is 28.0. The summed E-state index contributed by atoms with van der Waals surface area (Å²) < 4.78 is 17.9. The number of benzene rings is 2. The zero-order chi connectivity index (χ0) is 33.2. The first-order valence-electron chi connectivity index (χ1n) is 15.8. The summed E-state index contributed by atoms with van der Waals surface area (Å²) in [6.45, 7) is 18.6. The first kappa shape index (κ1) is 35.3. The van der Waals surface area contributed by atoms with Crippen molar-refractivity contribution in [2.24, 2.45) is 0 Å². The summed E-state index contributed by atoms with van der Waals surface area (Å²) in [5.74, 6) is 0.646. The molecule has 10 heteroatoms. The Bertz CT molecular complexity index is 1410. The van der Waals surface area contributed by atoms with Crippen molar-refractivity contribution in [3.8, 4) is 5.75 Å². The zero-order valence-corrected chi connectivity index (χ0v) is 30.5. The molecule has 0 saturated heterocycles. The van der Waals surface area contributed by atoms with Crippen molar-refractivity contribution in [3.05, 3.63) is 69.2 Å². The molecule has 0 aromatic heterocycles. The molecule has 246 valence electrons. The maximum Gasteiger partial charge on any atom is 0.410 e. The van der Waals surface area contributed by atoms with Gasteiger partial charge in [0.15, 0.2) is 8.32 Å². The van der Waals surface area contributed by atoms with E-state index in [4.69, 9.17) is 37.1 Å². The molecule has 45 heavy (non-hydrogen) atoms. The van der Waals surface area contributed by atoms with Gasteiger partial charge in [-0.05, 0) is 93.1 Å². The lowest BCUT2D eigenvalue weighted by Crippen LogP contribution is -2.44. The molecule has 0 N–H and O–H groups in total. The van der Waals surface area contributed by atoms with Gasteiger partial charge in [0.1, 0.15) is 18.0 Å². The van der Waals surface area contributed by atoms with E-state index in [2.05, 4.69) is 33.9 Å². The van der Waals surface area contributed by atoms with Crippen LogP contribution in [0.1, 0.15) is 71.9 Å². The number of carbonyl (C=O) groups is 2. The van der Waals surface area contributed by atoms with Gasteiger partial charge in [0.25, 0.3) is 5.91 Å². The van der Waals surface area contributed by atoms with Crippen molar-refractivity contribution in [2.75, 3.05) is 26.3 Å². The van der Waals surface area contributed by atoms with E-state index >= 15 is 0 Å². The Balaban J connectivity index is 1.57. The lowest BCUT2D eigenvalue weighted by atomic mass is 9.92. The summed E-state index contributed by atoms with van der Waals surface area (Å²) in [4.78, 5) is 31.0. The molecule has 0 atom stereocenters. The lowest BCUT2D eigenvalue weighted by Gasteiger charge is -2.36. The van der Waals surface area contributed by atoms with Gasteiger partial charge in [0.2, 0.25) is 0 Å². The van der Waals surface area contributed by atoms with Gasteiger partial charge in [-0.25, -0.2) is 4.79 Å². The number of halogens is 2. The number of nitrogens with zero attached hydrogens (tertiary/aromatic N) is 2. The Morgan fingerprint density at radius 2 is 1.64 bits per heavy atom. The van der Waals surface area contributed by atoms with Crippen LogP contribution in [0.4, 0.5) is 4.79 Å². The fraction of sp³-hybridized carbons (Fsp3) is 0.543. The van der Waals surface area contributed by atoms with Gasteiger partial charge in [-0.2, -0.15) is 0 Å². The van der Waals surface area contributed by atoms with Crippen LogP contribution in [0.2, 0.25) is 28.2 Å². The molecule has 2 aromatic carbocycles. The highest BCUT2D eigenvalue weighted by Gasteiger charge is 2.39. The third-order valence-corrected chi connectivity index (χ3v) is 14.1. The Hall–Kier alpha value is -2.52. The third kappa shape index (κ3) is 9.28. The van der Waals surface area contributed by atoms with Gasteiger partial charge in [0, 0.05) is 24.7 Å². The average molecular weight is 676 g/mol. The molecule has 2 amide bonds. The molecule has 1 saturated carbocycles. The minimum atomic E-state index is -1.84. The maximum absolute atomic E-state index is 14.4. The standard InChI is InChI=1S/C35H48Cl2N2O5Si/c1-34(2,3)44-33(41)38-19-18-28(24-12-16-27(17-13-24)42-20-21-43-45(7,8)35(4,5)6)29(23-38)32(40)39(26-14-15-26)22-25-10-9-11-30(36)31(25)37/h9-13,16-17,26H,14-15,18-23H2,1-8H3. The second kappa shape index (κ2) is 14.1. The molecule has 7 nitrogen and oxygen atoms in total. The van der Waals surface area contributed by atoms with Gasteiger partial charge in [-0.15, -0.1) is 0 Å². The minimum absolute atomic E-state index is 0.0973.